The third-order valence-electron chi connectivity index (χ3n) is 11.9. The van der Waals surface area contributed by atoms with Crippen molar-refractivity contribution >= 4 is 91.0 Å². The van der Waals surface area contributed by atoms with E-state index in [0.717, 1.165) is 56.3 Å². The maximum absolute atomic E-state index is 14.3. The number of ketones is 2. The zero-order chi connectivity index (χ0) is 38.8. The summed E-state index contributed by atoms with van der Waals surface area (Å²) in [6, 6.07) is 35.3. The first kappa shape index (κ1) is 33.4. The minimum Gasteiger partial charge on any atom is -0.322 e. The van der Waals surface area contributed by atoms with E-state index in [-0.39, 0.29) is 44.3 Å². The molecule has 7 aromatic carbocycles. The second-order valence-corrected chi connectivity index (χ2v) is 17.2. The van der Waals surface area contributed by atoms with Gasteiger partial charge in [0.05, 0.1) is 20.9 Å². The quantitative estimate of drug-likeness (QED) is 0.136. The van der Waals surface area contributed by atoms with Crippen LogP contribution in [0.15, 0.2) is 170 Å². The van der Waals surface area contributed by atoms with Crippen LogP contribution in [0.2, 0.25) is 0 Å². The molecule has 2 N–H and O–H groups in total. The number of Topliss-reactive ketones (excluding diaryl/α,β-unsaturated/α-hetero) is 2. The summed E-state index contributed by atoms with van der Waals surface area (Å²) in [7, 11) is 0. The highest BCUT2D eigenvalue weighted by atomic mass is 32.2. The minimum absolute atomic E-state index is 0.152. The summed E-state index contributed by atoms with van der Waals surface area (Å²) in [5.41, 5.74) is 8.74. The minimum atomic E-state index is -0.409. The van der Waals surface area contributed by atoms with Gasteiger partial charge >= 0.3 is 0 Å². The Bertz CT molecular complexity index is 3230. The standard InChI is InChI=1S/C50H28N2O4S2/c53-44-36-10-3-11-37(50(56)52-34-23-31-19-15-27-7-2-8-28-16-20-32(24-34)42(31)40(27)28)46(36)58-47(44)48-45(54)43-35(9-4-12-38(43)57-48)49(55)51-33-21-29-17-13-25-5-1-6-26-14-18-30(22-33)41(29)39(25)26/h1-15,17-24,42H,16H2,(H,51,55)(H,52,56). The number of anilines is 1. The molecule has 0 spiro atoms. The van der Waals surface area contributed by atoms with Gasteiger partial charge in [0.25, 0.3) is 11.8 Å². The molecule has 3 aliphatic carbocycles. The van der Waals surface area contributed by atoms with Crippen LogP contribution in [0.1, 0.15) is 64.0 Å². The smallest absolute Gasteiger partial charge is 0.256 e. The molecule has 7 aromatic rings. The Labute approximate surface area is 340 Å². The van der Waals surface area contributed by atoms with Gasteiger partial charge in [-0.05, 0) is 115 Å². The van der Waals surface area contributed by atoms with E-state index in [1.54, 1.807) is 36.4 Å². The Balaban J connectivity index is 0.823. The highest BCUT2D eigenvalue weighted by molar-refractivity contribution is 8.08. The van der Waals surface area contributed by atoms with E-state index in [1.807, 2.05) is 24.3 Å². The number of allylic oxidation sites excluding steroid dienone is 8. The number of fused-ring (bicyclic) bond motifs is 2. The topological polar surface area (TPSA) is 92.3 Å². The number of benzene rings is 7. The van der Waals surface area contributed by atoms with Crippen molar-refractivity contribution in [3.05, 3.63) is 199 Å². The molecule has 1 unspecified atom stereocenters. The largest absolute Gasteiger partial charge is 0.322 e. The fraction of sp³-hybridized carbons (Fsp3) is 0.0400. The summed E-state index contributed by atoms with van der Waals surface area (Å²) < 4.78 is 0. The second kappa shape index (κ2) is 12.4. The molecule has 0 saturated carbocycles. The molecule has 5 aliphatic rings. The van der Waals surface area contributed by atoms with Crippen LogP contribution in [0.3, 0.4) is 0 Å². The van der Waals surface area contributed by atoms with E-state index in [4.69, 9.17) is 0 Å². The number of hydrogen-bond acceptors (Lipinski definition) is 6. The van der Waals surface area contributed by atoms with Gasteiger partial charge in [0.2, 0.25) is 11.6 Å². The molecule has 2 heterocycles. The van der Waals surface area contributed by atoms with E-state index in [2.05, 4.69) is 89.5 Å². The monoisotopic (exact) mass is 784 g/mol. The third-order valence-corrected chi connectivity index (χ3v) is 14.4. The van der Waals surface area contributed by atoms with Crippen molar-refractivity contribution in [2.24, 2.45) is 0 Å². The molecule has 8 heteroatoms. The van der Waals surface area contributed by atoms with Crippen molar-refractivity contribution in [3.63, 3.8) is 0 Å². The number of hydrogen-bond donors (Lipinski definition) is 2. The Morgan fingerprint density at radius 2 is 1.31 bits per heavy atom. The van der Waals surface area contributed by atoms with Gasteiger partial charge in [-0.1, -0.05) is 115 Å². The molecule has 12 rings (SSSR count). The van der Waals surface area contributed by atoms with Crippen LogP contribution in [-0.4, -0.2) is 23.4 Å². The summed E-state index contributed by atoms with van der Waals surface area (Å²) >= 11 is 2.34. The summed E-state index contributed by atoms with van der Waals surface area (Å²) in [5.74, 6) is -1.28. The van der Waals surface area contributed by atoms with Gasteiger partial charge in [0.15, 0.2) is 0 Å². The SMILES string of the molecule is O=C(NC1=CC2=CCc3cccc4c3C2C(=C1)C=C4)c1cccc2c1SC(=C1Sc3cccc(C(=O)Nc4cc5ccc6cccc7ccc(c4)c5c67)c3C1=O)C2=O. The fourth-order valence-corrected chi connectivity index (χ4v) is 11.7. The molecule has 0 radical (unpaired) electrons. The molecule has 2 amide bonds. The highest BCUT2D eigenvalue weighted by Crippen LogP contribution is 2.52. The molecule has 58 heavy (non-hydrogen) atoms. The number of amides is 2. The van der Waals surface area contributed by atoms with Crippen LogP contribution in [-0.2, 0) is 6.42 Å². The zero-order valence-corrected chi connectivity index (χ0v) is 32.1. The summed E-state index contributed by atoms with van der Waals surface area (Å²) in [4.78, 5) is 57.9. The van der Waals surface area contributed by atoms with Gasteiger partial charge in [-0.15, -0.1) is 0 Å². The molecular formula is C50H28N2O4S2. The lowest BCUT2D eigenvalue weighted by Gasteiger charge is -2.34. The Morgan fingerprint density at radius 3 is 2.14 bits per heavy atom. The van der Waals surface area contributed by atoms with Gasteiger partial charge in [-0.2, -0.15) is 0 Å². The normalized spacial score (nSPS) is 18.6. The number of rotatable bonds is 4. The average molecular weight is 785 g/mol. The lowest BCUT2D eigenvalue weighted by molar-refractivity contribution is 0.0962. The molecule has 274 valence electrons. The lowest BCUT2D eigenvalue weighted by atomic mass is 9.71. The predicted octanol–water partition coefficient (Wildman–Crippen LogP) is 11.2. The van der Waals surface area contributed by atoms with Crippen LogP contribution in [0.25, 0.3) is 38.4 Å². The average Bonchev–Trinajstić information content (AvgIpc) is 3.77. The van der Waals surface area contributed by atoms with Crippen LogP contribution in [0.4, 0.5) is 5.69 Å². The van der Waals surface area contributed by atoms with Crippen molar-refractivity contribution in [2.45, 2.75) is 22.1 Å². The van der Waals surface area contributed by atoms with E-state index < -0.39 is 5.91 Å². The van der Waals surface area contributed by atoms with E-state index in [9.17, 15) is 19.2 Å². The van der Waals surface area contributed by atoms with Gasteiger partial charge < -0.3 is 10.6 Å². The molecule has 0 aromatic heterocycles. The maximum Gasteiger partial charge on any atom is 0.256 e. The summed E-state index contributed by atoms with van der Waals surface area (Å²) in [5, 5.41) is 12.8. The number of thioether (sulfide) groups is 2. The van der Waals surface area contributed by atoms with Crippen molar-refractivity contribution in [3.8, 4) is 0 Å². The molecule has 2 aliphatic heterocycles. The molecule has 6 nitrogen and oxygen atoms in total. The number of carbonyl (C=O) groups excluding carboxylic acids is 4. The predicted molar refractivity (Wildman–Crippen MR) is 232 cm³/mol. The Hall–Kier alpha value is -6.74. The fourth-order valence-electron chi connectivity index (χ4n) is 9.31. The highest BCUT2D eigenvalue weighted by Gasteiger charge is 2.40. The van der Waals surface area contributed by atoms with Crippen molar-refractivity contribution in [2.75, 3.05) is 5.32 Å². The van der Waals surface area contributed by atoms with Gasteiger partial charge in [0, 0.05) is 38.2 Å². The number of nitrogens with one attached hydrogen (secondary N) is 2. The van der Waals surface area contributed by atoms with Crippen LogP contribution in [0, 0.1) is 0 Å². The lowest BCUT2D eigenvalue weighted by Crippen LogP contribution is -2.26. The Kier molecular flexibility index (Phi) is 7.13. The Morgan fingerprint density at radius 1 is 0.621 bits per heavy atom. The first-order chi connectivity index (χ1) is 28.4. The van der Waals surface area contributed by atoms with E-state index in [0.29, 0.717) is 32.3 Å². The van der Waals surface area contributed by atoms with Crippen molar-refractivity contribution in [1.29, 1.82) is 0 Å². The summed E-state index contributed by atoms with van der Waals surface area (Å²) in [6.07, 6.45) is 11.4. The first-order valence-electron chi connectivity index (χ1n) is 19.1. The van der Waals surface area contributed by atoms with Crippen LogP contribution < -0.4 is 10.6 Å². The van der Waals surface area contributed by atoms with Gasteiger partial charge in [-0.3, -0.25) is 19.2 Å². The van der Waals surface area contributed by atoms with E-state index in [1.165, 1.54) is 33.8 Å². The third kappa shape index (κ3) is 4.88. The first-order valence-corrected chi connectivity index (χ1v) is 20.7. The molecule has 0 fully saturated rings. The molecule has 0 bridgehead atoms. The summed E-state index contributed by atoms with van der Waals surface area (Å²) in [6.45, 7) is 0. The van der Waals surface area contributed by atoms with E-state index >= 15 is 0 Å². The second-order valence-electron chi connectivity index (χ2n) is 15.1. The van der Waals surface area contributed by atoms with Crippen LogP contribution in [0.5, 0.6) is 0 Å². The van der Waals surface area contributed by atoms with Gasteiger partial charge in [0.1, 0.15) is 0 Å². The molecular weight excluding hydrogens is 757 g/mol. The van der Waals surface area contributed by atoms with Crippen molar-refractivity contribution in [1.82, 2.24) is 5.32 Å². The maximum atomic E-state index is 14.3. The van der Waals surface area contributed by atoms with Crippen molar-refractivity contribution < 1.29 is 19.2 Å². The van der Waals surface area contributed by atoms with Gasteiger partial charge in [-0.25, -0.2) is 0 Å². The van der Waals surface area contributed by atoms with Crippen LogP contribution >= 0.6 is 23.5 Å². The number of carbonyl (C=O) groups is 4. The zero-order valence-electron chi connectivity index (χ0n) is 30.5. The molecule has 1 atom stereocenters. The molecule has 0 saturated heterocycles.